The molecule has 1 saturated heterocycles. The van der Waals surface area contributed by atoms with Crippen molar-refractivity contribution >= 4 is 0 Å². The van der Waals surface area contributed by atoms with E-state index < -0.39 is 0 Å². The number of hydrogen-bond acceptors (Lipinski definition) is 4. The van der Waals surface area contributed by atoms with E-state index in [4.69, 9.17) is 9.57 Å². The van der Waals surface area contributed by atoms with E-state index in [9.17, 15) is 5.11 Å². The molecule has 2 aromatic rings. The second-order valence-corrected chi connectivity index (χ2v) is 6.21. The Morgan fingerprint density at radius 1 is 1.00 bits per heavy atom. The van der Waals surface area contributed by atoms with Crippen molar-refractivity contribution in [3.8, 4) is 0 Å². The maximum absolute atomic E-state index is 9.46. The van der Waals surface area contributed by atoms with E-state index in [1.807, 2.05) is 48.4 Å². The smallest absolute Gasteiger partial charge is 0.104 e. The van der Waals surface area contributed by atoms with Crippen molar-refractivity contribution in [1.29, 1.82) is 0 Å². The summed E-state index contributed by atoms with van der Waals surface area (Å²) in [7, 11) is 0. The van der Waals surface area contributed by atoms with Gasteiger partial charge in [0.2, 0.25) is 0 Å². The Hall–Kier alpha value is -1.72. The third-order valence-corrected chi connectivity index (χ3v) is 4.40. The Balaban J connectivity index is 1.66. The minimum atomic E-state index is -0.0546. The lowest BCUT2D eigenvalue weighted by Crippen LogP contribution is -2.37. The minimum absolute atomic E-state index is 0.0334. The summed E-state index contributed by atoms with van der Waals surface area (Å²) in [5.41, 5.74) is 2.34. The zero-order valence-corrected chi connectivity index (χ0v) is 14.0. The maximum Gasteiger partial charge on any atom is 0.104 e. The molecule has 0 saturated carbocycles. The molecule has 0 unspecified atom stereocenters. The quantitative estimate of drug-likeness (QED) is 0.848. The summed E-state index contributed by atoms with van der Waals surface area (Å²) in [4.78, 5) is 6.03. The van der Waals surface area contributed by atoms with E-state index in [0.717, 1.165) is 5.56 Å². The minimum Gasteiger partial charge on any atom is -0.396 e. The van der Waals surface area contributed by atoms with Gasteiger partial charge in [-0.15, -0.1) is 0 Å². The van der Waals surface area contributed by atoms with Gasteiger partial charge in [0.15, 0.2) is 0 Å². The molecule has 2 aromatic carbocycles. The van der Waals surface area contributed by atoms with Crippen molar-refractivity contribution in [3.05, 3.63) is 71.8 Å². The van der Waals surface area contributed by atoms with E-state index in [-0.39, 0.29) is 24.9 Å². The highest BCUT2D eigenvalue weighted by atomic mass is 16.7. The van der Waals surface area contributed by atoms with Crippen LogP contribution in [0.25, 0.3) is 0 Å². The first-order chi connectivity index (χ1) is 11.8. The predicted octanol–water partition coefficient (Wildman–Crippen LogP) is 3.16. The highest BCUT2D eigenvalue weighted by Gasteiger charge is 2.41. The van der Waals surface area contributed by atoms with Crippen LogP contribution in [0.1, 0.15) is 24.5 Å². The van der Waals surface area contributed by atoms with Crippen molar-refractivity contribution in [2.45, 2.75) is 44.7 Å². The fourth-order valence-corrected chi connectivity index (χ4v) is 3.20. The molecule has 4 nitrogen and oxygen atoms in total. The van der Waals surface area contributed by atoms with Gasteiger partial charge >= 0.3 is 0 Å². The molecule has 3 rings (SSSR count). The van der Waals surface area contributed by atoms with Crippen LogP contribution in [-0.2, 0) is 22.7 Å². The van der Waals surface area contributed by atoms with Gasteiger partial charge in [0.05, 0.1) is 12.6 Å². The summed E-state index contributed by atoms with van der Waals surface area (Å²) in [6.07, 6.45) is 0.548. The number of aliphatic hydroxyl groups is 1. The van der Waals surface area contributed by atoms with Gasteiger partial charge in [-0.05, 0) is 24.5 Å². The van der Waals surface area contributed by atoms with Crippen LogP contribution in [0.15, 0.2) is 60.7 Å². The molecule has 0 aliphatic carbocycles. The first-order valence-electron chi connectivity index (χ1n) is 8.51. The van der Waals surface area contributed by atoms with Gasteiger partial charge in [-0.25, -0.2) is 0 Å². The van der Waals surface area contributed by atoms with Crippen LogP contribution < -0.4 is 0 Å². The molecule has 4 heteroatoms. The number of hydroxylamine groups is 2. The molecule has 0 radical (unpaired) electrons. The van der Waals surface area contributed by atoms with Gasteiger partial charge in [-0.2, -0.15) is 5.06 Å². The average molecular weight is 327 g/mol. The lowest BCUT2D eigenvalue weighted by atomic mass is 10.0. The van der Waals surface area contributed by atoms with Gasteiger partial charge < -0.3 is 9.84 Å². The number of hydrogen-bond donors (Lipinski definition) is 1. The number of ether oxygens (including phenoxy) is 1. The Bertz CT molecular complexity index is 605. The molecule has 24 heavy (non-hydrogen) atoms. The second kappa shape index (κ2) is 8.40. The van der Waals surface area contributed by atoms with Crippen molar-refractivity contribution in [2.24, 2.45) is 0 Å². The standard InChI is InChI=1S/C20H25NO3/c1-16-20(23-15-18-10-6-3-7-11-18)19(12-13-22)21(24-16)14-17-8-4-2-5-9-17/h2-11,16,19-20,22H,12-15H2,1H3/t16-,19-,20-/m0/s1. The SMILES string of the molecule is C[C@@H]1ON(Cc2ccccc2)[C@@H](CCO)[C@H]1OCc1ccccc1. The Kier molecular flexibility index (Phi) is 5.99. The highest BCUT2D eigenvalue weighted by Crippen LogP contribution is 2.29. The molecule has 0 amide bonds. The van der Waals surface area contributed by atoms with Gasteiger partial charge in [0.25, 0.3) is 0 Å². The maximum atomic E-state index is 9.46. The number of aliphatic hydroxyl groups excluding tert-OH is 1. The lowest BCUT2D eigenvalue weighted by molar-refractivity contribution is -0.167. The fraction of sp³-hybridized carbons (Fsp3) is 0.400. The van der Waals surface area contributed by atoms with E-state index in [1.165, 1.54) is 5.56 Å². The van der Waals surface area contributed by atoms with E-state index in [0.29, 0.717) is 19.6 Å². The molecule has 128 valence electrons. The zero-order valence-electron chi connectivity index (χ0n) is 14.0. The third-order valence-electron chi connectivity index (χ3n) is 4.40. The normalized spacial score (nSPS) is 24.3. The van der Waals surface area contributed by atoms with Crippen molar-refractivity contribution in [2.75, 3.05) is 6.61 Å². The summed E-state index contributed by atoms with van der Waals surface area (Å²) in [5, 5.41) is 11.4. The third kappa shape index (κ3) is 4.22. The number of nitrogens with zero attached hydrogens (tertiary/aromatic N) is 1. The molecule has 1 aliphatic heterocycles. The Morgan fingerprint density at radius 2 is 1.62 bits per heavy atom. The monoisotopic (exact) mass is 327 g/mol. The number of benzene rings is 2. The molecule has 0 aromatic heterocycles. The van der Waals surface area contributed by atoms with Crippen LogP contribution in [-0.4, -0.2) is 35.0 Å². The molecule has 0 spiro atoms. The molecule has 1 fully saturated rings. The van der Waals surface area contributed by atoms with Crippen molar-refractivity contribution in [1.82, 2.24) is 5.06 Å². The zero-order chi connectivity index (χ0) is 16.8. The predicted molar refractivity (Wildman–Crippen MR) is 93.0 cm³/mol. The van der Waals surface area contributed by atoms with Crippen LogP contribution in [0.5, 0.6) is 0 Å². The van der Waals surface area contributed by atoms with Gasteiger partial charge in [0.1, 0.15) is 12.2 Å². The number of rotatable bonds is 7. The second-order valence-electron chi connectivity index (χ2n) is 6.21. The summed E-state index contributed by atoms with van der Waals surface area (Å²) in [5.74, 6) is 0. The Labute approximate surface area is 143 Å². The van der Waals surface area contributed by atoms with Crippen LogP contribution in [0, 0.1) is 0 Å². The summed E-state index contributed by atoms with van der Waals surface area (Å²) >= 11 is 0. The summed E-state index contributed by atoms with van der Waals surface area (Å²) in [6, 6.07) is 20.4. The molecule has 3 atom stereocenters. The molecular formula is C20H25NO3. The molecular weight excluding hydrogens is 302 g/mol. The highest BCUT2D eigenvalue weighted by molar-refractivity contribution is 5.15. The van der Waals surface area contributed by atoms with Crippen LogP contribution in [0.2, 0.25) is 0 Å². The summed E-state index contributed by atoms with van der Waals surface area (Å²) < 4.78 is 6.16. The van der Waals surface area contributed by atoms with Gasteiger partial charge in [-0.3, -0.25) is 4.84 Å². The topological polar surface area (TPSA) is 41.9 Å². The van der Waals surface area contributed by atoms with E-state index >= 15 is 0 Å². The lowest BCUT2D eigenvalue weighted by Gasteiger charge is -2.25. The Morgan fingerprint density at radius 3 is 2.25 bits per heavy atom. The molecule has 0 bridgehead atoms. The first-order valence-corrected chi connectivity index (χ1v) is 8.51. The fourth-order valence-electron chi connectivity index (χ4n) is 3.20. The first kappa shape index (κ1) is 17.1. The van der Waals surface area contributed by atoms with Crippen LogP contribution in [0.3, 0.4) is 0 Å². The van der Waals surface area contributed by atoms with Gasteiger partial charge in [-0.1, -0.05) is 60.7 Å². The summed E-state index contributed by atoms with van der Waals surface area (Å²) in [6.45, 7) is 3.41. The van der Waals surface area contributed by atoms with Crippen molar-refractivity contribution < 1.29 is 14.7 Å². The average Bonchev–Trinajstić information content (AvgIpc) is 2.90. The van der Waals surface area contributed by atoms with Crippen molar-refractivity contribution in [3.63, 3.8) is 0 Å². The molecule has 1 N–H and O–H groups in total. The van der Waals surface area contributed by atoms with E-state index in [1.54, 1.807) is 0 Å². The van der Waals surface area contributed by atoms with Crippen LogP contribution in [0.4, 0.5) is 0 Å². The molecule has 1 heterocycles. The van der Waals surface area contributed by atoms with E-state index in [2.05, 4.69) is 24.3 Å². The molecule has 1 aliphatic rings. The van der Waals surface area contributed by atoms with Gasteiger partial charge in [0, 0.05) is 13.2 Å². The van der Waals surface area contributed by atoms with Crippen LogP contribution >= 0.6 is 0 Å². The largest absolute Gasteiger partial charge is 0.396 e.